The monoisotopic (exact) mass is 178 g/mol. The summed E-state index contributed by atoms with van der Waals surface area (Å²) in [5, 5.41) is 7.18. The van der Waals surface area contributed by atoms with Crippen molar-refractivity contribution in [2.45, 2.75) is 27.7 Å². The van der Waals surface area contributed by atoms with E-state index in [0.29, 0.717) is 0 Å². The van der Waals surface area contributed by atoms with E-state index in [9.17, 15) is 0 Å². The number of rotatable bonds is 1. The number of hydrogen-bond acceptors (Lipinski definition) is 1. The smallest absolute Gasteiger partial charge is 0.122 e. The van der Waals surface area contributed by atoms with Gasteiger partial charge in [-0.2, -0.15) is 0 Å². The van der Waals surface area contributed by atoms with Crippen LogP contribution in [0.25, 0.3) is 0 Å². The first-order valence-electron chi connectivity index (χ1n) is 4.53. The van der Waals surface area contributed by atoms with Crippen LogP contribution in [0.1, 0.15) is 30.5 Å². The van der Waals surface area contributed by atoms with Gasteiger partial charge in [-0.3, -0.25) is 5.41 Å². The molecule has 0 unspecified atom stereocenters. The summed E-state index contributed by atoms with van der Waals surface area (Å²) in [4.78, 5) is 0. The number of nitrogens with two attached hydrogens (primary N) is 1. The third-order valence-corrected chi connectivity index (χ3v) is 1.82. The van der Waals surface area contributed by atoms with Crippen molar-refractivity contribution < 1.29 is 0 Å². The lowest BCUT2D eigenvalue weighted by Gasteiger charge is -2.02. The molecule has 0 spiro atoms. The minimum absolute atomic E-state index is 0.133. The zero-order valence-electron chi connectivity index (χ0n) is 8.81. The molecule has 1 aromatic rings. The fourth-order valence-corrected chi connectivity index (χ4v) is 0.909. The van der Waals surface area contributed by atoms with Gasteiger partial charge in [-0.05, 0) is 31.0 Å². The van der Waals surface area contributed by atoms with Gasteiger partial charge in [0.25, 0.3) is 0 Å². The number of benzene rings is 1. The molecule has 0 fully saturated rings. The summed E-state index contributed by atoms with van der Waals surface area (Å²) >= 11 is 0. The molecule has 0 saturated heterocycles. The number of hydrogen-bond donors (Lipinski definition) is 2. The zero-order valence-corrected chi connectivity index (χ0v) is 8.81. The minimum Gasteiger partial charge on any atom is -0.384 e. The Hall–Kier alpha value is -1.31. The fraction of sp³-hybridized carbons (Fsp3) is 0.364. The molecule has 0 saturated carbocycles. The normalized spacial score (nSPS) is 8.62. The van der Waals surface area contributed by atoms with Crippen molar-refractivity contribution in [3.8, 4) is 0 Å². The van der Waals surface area contributed by atoms with Gasteiger partial charge in [-0.1, -0.05) is 26.0 Å². The second-order valence-corrected chi connectivity index (χ2v) is 2.71. The van der Waals surface area contributed by atoms with E-state index in [0.717, 1.165) is 5.56 Å². The Balaban J connectivity index is 0.000000671. The van der Waals surface area contributed by atoms with Gasteiger partial charge in [0.05, 0.1) is 0 Å². The largest absolute Gasteiger partial charge is 0.384 e. The summed E-state index contributed by atoms with van der Waals surface area (Å²) in [5.74, 6) is 0.133. The Morgan fingerprint density at radius 1 is 1.15 bits per heavy atom. The second-order valence-electron chi connectivity index (χ2n) is 2.71. The van der Waals surface area contributed by atoms with Crippen LogP contribution in [-0.2, 0) is 0 Å². The van der Waals surface area contributed by atoms with Gasteiger partial charge in [0, 0.05) is 5.56 Å². The number of aryl methyl sites for hydroxylation is 2. The third kappa shape index (κ3) is 3.28. The Bertz CT molecular complexity index is 290. The summed E-state index contributed by atoms with van der Waals surface area (Å²) in [6.07, 6.45) is 0. The van der Waals surface area contributed by atoms with Crippen LogP contribution in [0.3, 0.4) is 0 Å². The SMILES string of the molecule is CC.Cc1ccc(C(=N)N)cc1C. The molecule has 0 aromatic heterocycles. The van der Waals surface area contributed by atoms with Crippen LogP contribution < -0.4 is 5.73 Å². The highest BCUT2D eigenvalue weighted by Crippen LogP contribution is 2.08. The molecule has 0 atom stereocenters. The molecular weight excluding hydrogens is 160 g/mol. The molecule has 0 aliphatic rings. The average molecular weight is 178 g/mol. The van der Waals surface area contributed by atoms with Crippen LogP contribution in [0.15, 0.2) is 18.2 Å². The van der Waals surface area contributed by atoms with E-state index >= 15 is 0 Å². The number of nitrogens with one attached hydrogen (secondary N) is 1. The second kappa shape index (κ2) is 5.36. The first-order chi connectivity index (χ1) is 6.11. The van der Waals surface area contributed by atoms with Crippen molar-refractivity contribution in [2.24, 2.45) is 5.73 Å². The van der Waals surface area contributed by atoms with Crippen LogP contribution in [0.5, 0.6) is 0 Å². The number of nitrogen functional groups attached to an aromatic ring is 1. The quantitative estimate of drug-likeness (QED) is 0.504. The molecule has 0 bridgehead atoms. The van der Waals surface area contributed by atoms with Gasteiger partial charge in [0.2, 0.25) is 0 Å². The van der Waals surface area contributed by atoms with Gasteiger partial charge in [-0.25, -0.2) is 0 Å². The van der Waals surface area contributed by atoms with Crippen molar-refractivity contribution in [1.29, 1.82) is 5.41 Å². The van der Waals surface area contributed by atoms with Crippen LogP contribution in [0.2, 0.25) is 0 Å². The Kier molecular flexibility index (Phi) is 4.82. The Morgan fingerprint density at radius 3 is 2.08 bits per heavy atom. The van der Waals surface area contributed by atoms with E-state index < -0.39 is 0 Å². The Labute approximate surface area is 80.3 Å². The van der Waals surface area contributed by atoms with Crippen molar-refractivity contribution in [3.63, 3.8) is 0 Å². The molecule has 3 N–H and O–H groups in total. The first-order valence-corrected chi connectivity index (χ1v) is 4.53. The maximum Gasteiger partial charge on any atom is 0.122 e. The lowest BCUT2D eigenvalue weighted by atomic mass is 10.1. The van der Waals surface area contributed by atoms with Crippen molar-refractivity contribution in [2.75, 3.05) is 0 Å². The Morgan fingerprint density at radius 2 is 1.69 bits per heavy atom. The standard InChI is InChI=1S/C9H12N2.C2H6/c1-6-3-4-8(9(10)11)5-7(6)2;1-2/h3-5H,1-2H3,(H3,10,11);1-2H3. The van der Waals surface area contributed by atoms with Crippen LogP contribution in [0, 0.1) is 19.3 Å². The molecular formula is C11H18N2. The number of amidine groups is 1. The first kappa shape index (κ1) is 11.7. The zero-order chi connectivity index (χ0) is 10.4. The molecule has 1 aromatic carbocycles. The molecule has 0 amide bonds. The molecule has 72 valence electrons. The highest BCUT2D eigenvalue weighted by atomic mass is 14.7. The van der Waals surface area contributed by atoms with Gasteiger partial charge in [0.15, 0.2) is 0 Å². The highest BCUT2D eigenvalue weighted by molar-refractivity contribution is 5.95. The molecule has 1 rings (SSSR count). The maximum absolute atomic E-state index is 7.18. The summed E-state index contributed by atoms with van der Waals surface area (Å²) in [6, 6.07) is 5.77. The molecule has 2 nitrogen and oxygen atoms in total. The molecule has 0 radical (unpaired) electrons. The molecule has 13 heavy (non-hydrogen) atoms. The predicted octanol–water partition coefficient (Wildman–Crippen LogP) is 2.61. The van der Waals surface area contributed by atoms with Crippen LogP contribution in [0.4, 0.5) is 0 Å². The summed E-state index contributed by atoms with van der Waals surface area (Å²) in [6.45, 7) is 8.06. The van der Waals surface area contributed by atoms with Gasteiger partial charge < -0.3 is 5.73 Å². The van der Waals surface area contributed by atoms with Crippen molar-refractivity contribution in [1.82, 2.24) is 0 Å². The van der Waals surface area contributed by atoms with Crippen molar-refractivity contribution >= 4 is 5.84 Å². The van der Waals surface area contributed by atoms with Gasteiger partial charge in [-0.15, -0.1) is 0 Å². The fourth-order valence-electron chi connectivity index (χ4n) is 0.909. The van der Waals surface area contributed by atoms with Crippen LogP contribution >= 0.6 is 0 Å². The summed E-state index contributed by atoms with van der Waals surface area (Å²) in [5.41, 5.74) is 8.53. The van der Waals surface area contributed by atoms with Gasteiger partial charge >= 0.3 is 0 Å². The molecule has 2 heteroatoms. The van der Waals surface area contributed by atoms with E-state index in [1.165, 1.54) is 11.1 Å². The van der Waals surface area contributed by atoms with E-state index in [1.807, 2.05) is 45.9 Å². The van der Waals surface area contributed by atoms with E-state index in [4.69, 9.17) is 11.1 Å². The van der Waals surface area contributed by atoms with E-state index in [1.54, 1.807) is 0 Å². The van der Waals surface area contributed by atoms with E-state index in [-0.39, 0.29) is 5.84 Å². The minimum atomic E-state index is 0.133. The predicted molar refractivity (Wildman–Crippen MR) is 58.3 cm³/mol. The molecule has 0 heterocycles. The summed E-state index contributed by atoms with van der Waals surface area (Å²) < 4.78 is 0. The summed E-state index contributed by atoms with van der Waals surface area (Å²) in [7, 11) is 0. The van der Waals surface area contributed by atoms with E-state index in [2.05, 4.69) is 0 Å². The maximum atomic E-state index is 7.18. The average Bonchev–Trinajstić information content (AvgIpc) is 2.13. The van der Waals surface area contributed by atoms with Gasteiger partial charge in [0.1, 0.15) is 5.84 Å². The third-order valence-electron chi connectivity index (χ3n) is 1.82. The lowest BCUT2D eigenvalue weighted by Crippen LogP contribution is -2.11. The van der Waals surface area contributed by atoms with Crippen molar-refractivity contribution in [3.05, 3.63) is 34.9 Å². The topological polar surface area (TPSA) is 49.9 Å². The highest BCUT2D eigenvalue weighted by Gasteiger charge is 1.97. The van der Waals surface area contributed by atoms with Crippen LogP contribution in [-0.4, -0.2) is 5.84 Å². The molecule has 0 aliphatic heterocycles. The molecule has 0 aliphatic carbocycles. The lowest BCUT2D eigenvalue weighted by molar-refractivity contribution is 1.32.